The van der Waals surface area contributed by atoms with E-state index in [1.165, 1.54) is 0 Å². The maximum atomic E-state index is 12.3. The van der Waals surface area contributed by atoms with Gasteiger partial charge < -0.3 is 10.2 Å². The third-order valence-electron chi connectivity index (χ3n) is 4.69. The van der Waals surface area contributed by atoms with E-state index in [4.69, 9.17) is 0 Å². The highest BCUT2D eigenvalue weighted by atomic mass is 16.2. The van der Waals surface area contributed by atoms with Crippen molar-refractivity contribution >= 4 is 11.8 Å². The van der Waals surface area contributed by atoms with Crippen LogP contribution in [0.5, 0.6) is 0 Å². The van der Waals surface area contributed by atoms with Gasteiger partial charge in [-0.05, 0) is 36.5 Å². The molecule has 2 amide bonds. The summed E-state index contributed by atoms with van der Waals surface area (Å²) in [5.41, 5.74) is 0.456. The van der Waals surface area contributed by atoms with E-state index in [-0.39, 0.29) is 22.8 Å². The molecule has 0 aromatic carbocycles. The molecule has 1 saturated carbocycles. The molecule has 1 heterocycles. The van der Waals surface area contributed by atoms with E-state index in [1.54, 1.807) is 0 Å². The Balaban J connectivity index is 2.00. The second-order valence-electron chi connectivity index (χ2n) is 7.76. The number of hydrogen-bond donors (Lipinski definition) is 1. The zero-order valence-corrected chi connectivity index (χ0v) is 13.3. The molecule has 4 nitrogen and oxygen atoms in total. The minimum absolute atomic E-state index is 0.186. The summed E-state index contributed by atoms with van der Waals surface area (Å²) in [4.78, 5) is 26.1. The van der Waals surface area contributed by atoms with Crippen LogP contribution in [0.1, 0.15) is 59.8 Å². The van der Waals surface area contributed by atoms with Crippen LogP contribution in [0.4, 0.5) is 0 Å². The molecule has 114 valence electrons. The van der Waals surface area contributed by atoms with Gasteiger partial charge >= 0.3 is 11.8 Å². The molecule has 2 atom stereocenters. The monoisotopic (exact) mass is 280 g/mol. The van der Waals surface area contributed by atoms with Crippen molar-refractivity contribution in [1.82, 2.24) is 10.2 Å². The molecule has 0 aromatic heterocycles. The Morgan fingerprint density at radius 2 is 1.95 bits per heavy atom. The fourth-order valence-electron chi connectivity index (χ4n) is 4.28. The van der Waals surface area contributed by atoms with Crippen LogP contribution < -0.4 is 5.32 Å². The molecule has 1 N–H and O–H groups in total. The summed E-state index contributed by atoms with van der Waals surface area (Å²) in [6.45, 7) is 10.2. The number of fused-ring (bicyclic) bond motifs is 2. The van der Waals surface area contributed by atoms with Gasteiger partial charge in [-0.15, -0.1) is 0 Å². The number of carbonyl (C=O) groups is 2. The summed E-state index contributed by atoms with van der Waals surface area (Å²) in [6, 6.07) is 0.244. The number of hydrogen-bond acceptors (Lipinski definition) is 2. The topological polar surface area (TPSA) is 49.4 Å². The number of rotatable bonds is 3. The maximum Gasteiger partial charge on any atom is 0.312 e. The lowest BCUT2D eigenvalue weighted by Gasteiger charge is -2.39. The maximum absolute atomic E-state index is 12.3. The molecule has 1 aliphatic carbocycles. The molecule has 2 unspecified atom stereocenters. The molecule has 0 radical (unpaired) electrons. The van der Waals surface area contributed by atoms with Gasteiger partial charge in [0.1, 0.15) is 0 Å². The van der Waals surface area contributed by atoms with Crippen molar-refractivity contribution in [2.24, 2.45) is 10.8 Å². The first-order valence-electron chi connectivity index (χ1n) is 7.85. The molecule has 4 heteroatoms. The van der Waals surface area contributed by atoms with E-state index in [0.717, 1.165) is 38.6 Å². The summed E-state index contributed by atoms with van der Waals surface area (Å²) in [5, 5.41) is 2.74. The van der Waals surface area contributed by atoms with E-state index in [0.29, 0.717) is 6.54 Å². The van der Waals surface area contributed by atoms with E-state index in [9.17, 15) is 9.59 Å². The van der Waals surface area contributed by atoms with Crippen LogP contribution in [0.25, 0.3) is 0 Å². The van der Waals surface area contributed by atoms with Crippen molar-refractivity contribution < 1.29 is 9.59 Å². The smallest absolute Gasteiger partial charge is 0.312 e. The van der Waals surface area contributed by atoms with Gasteiger partial charge in [0.15, 0.2) is 0 Å². The van der Waals surface area contributed by atoms with E-state index in [1.807, 2.05) is 4.90 Å². The quantitative estimate of drug-likeness (QED) is 0.637. The molecule has 2 fully saturated rings. The predicted molar refractivity (Wildman–Crippen MR) is 79.2 cm³/mol. The Kier molecular flexibility index (Phi) is 4.12. The van der Waals surface area contributed by atoms with Crippen LogP contribution in [-0.4, -0.2) is 35.8 Å². The average molecular weight is 280 g/mol. The number of unbranched alkanes of at least 4 members (excludes halogenated alkanes) is 1. The third-order valence-corrected chi connectivity index (χ3v) is 4.69. The first kappa shape index (κ1) is 15.3. The molecule has 2 rings (SSSR count). The fraction of sp³-hybridized carbons (Fsp3) is 0.875. The van der Waals surface area contributed by atoms with Crippen molar-refractivity contribution in [3.63, 3.8) is 0 Å². The lowest BCUT2D eigenvalue weighted by Crippen LogP contribution is -2.46. The zero-order valence-electron chi connectivity index (χ0n) is 13.3. The van der Waals surface area contributed by atoms with Crippen LogP contribution in [-0.2, 0) is 9.59 Å². The first-order valence-corrected chi connectivity index (χ1v) is 7.85. The normalized spacial score (nSPS) is 31.2. The van der Waals surface area contributed by atoms with Gasteiger partial charge in [-0.1, -0.05) is 34.1 Å². The fourth-order valence-corrected chi connectivity index (χ4v) is 4.28. The summed E-state index contributed by atoms with van der Waals surface area (Å²) in [5.74, 6) is -0.750. The second kappa shape index (κ2) is 5.38. The highest BCUT2D eigenvalue weighted by Gasteiger charge is 2.51. The van der Waals surface area contributed by atoms with Crippen molar-refractivity contribution in [3.05, 3.63) is 0 Å². The van der Waals surface area contributed by atoms with Gasteiger partial charge in [-0.25, -0.2) is 0 Å². The van der Waals surface area contributed by atoms with Gasteiger partial charge in [-0.3, -0.25) is 9.59 Å². The van der Waals surface area contributed by atoms with Gasteiger partial charge in [-0.2, -0.15) is 0 Å². The zero-order chi connectivity index (χ0) is 15.0. The number of nitrogens with zero attached hydrogens (tertiary/aromatic N) is 1. The van der Waals surface area contributed by atoms with Gasteiger partial charge in [0.25, 0.3) is 0 Å². The van der Waals surface area contributed by atoms with Crippen molar-refractivity contribution in [2.75, 3.05) is 13.1 Å². The van der Waals surface area contributed by atoms with Crippen LogP contribution in [0.3, 0.4) is 0 Å². The highest BCUT2D eigenvalue weighted by Crippen LogP contribution is 2.52. The molecule has 20 heavy (non-hydrogen) atoms. The van der Waals surface area contributed by atoms with Gasteiger partial charge in [0.2, 0.25) is 0 Å². The molecular formula is C16H28N2O2. The van der Waals surface area contributed by atoms with Crippen molar-refractivity contribution in [3.8, 4) is 0 Å². The molecule has 0 aromatic rings. The number of nitrogens with one attached hydrogen (secondary N) is 1. The van der Waals surface area contributed by atoms with Crippen LogP contribution in [0.15, 0.2) is 0 Å². The minimum atomic E-state index is -0.424. The number of carbonyl (C=O) groups excluding carboxylic acids is 2. The predicted octanol–water partition coefficient (Wildman–Crippen LogP) is 2.33. The summed E-state index contributed by atoms with van der Waals surface area (Å²) in [7, 11) is 0. The van der Waals surface area contributed by atoms with Gasteiger partial charge in [0, 0.05) is 19.1 Å². The number of likely N-dealkylation sites (tertiary alicyclic amines) is 1. The Morgan fingerprint density at radius 1 is 1.25 bits per heavy atom. The standard InChI is InChI=1S/C16H28N2O2/c1-5-6-7-17-13(19)14(20)18-11-16(4)9-12(18)8-15(2,3)10-16/h12H,5-11H2,1-4H3,(H,17,19). The molecule has 2 aliphatic rings. The molecule has 0 spiro atoms. The Labute approximate surface area is 122 Å². The average Bonchev–Trinajstić information content (AvgIpc) is 2.57. The molecular weight excluding hydrogens is 252 g/mol. The SMILES string of the molecule is CCCCNC(=O)C(=O)N1CC2(C)CC1CC(C)(C)C2. The summed E-state index contributed by atoms with van der Waals surface area (Å²) < 4.78 is 0. The lowest BCUT2D eigenvalue weighted by atomic mass is 9.65. The van der Waals surface area contributed by atoms with Crippen molar-refractivity contribution in [1.29, 1.82) is 0 Å². The molecule has 2 bridgehead atoms. The van der Waals surface area contributed by atoms with Crippen molar-refractivity contribution in [2.45, 2.75) is 65.8 Å². The minimum Gasteiger partial charge on any atom is -0.348 e. The molecule has 1 aliphatic heterocycles. The van der Waals surface area contributed by atoms with E-state index in [2.05, 4.69) is 33.0 Å². The molecule has 1 saturated heterocycles. The van der Waals surface area contributed by atoms with Crippen LogP contribution >= 0.6 is 0 Å². The summed E-state index contributed by atoms with van der Waals surface area (Å²) >= 11 is 0. The van der Waals surface area contributed by atoms with Crippen LogP contribution in [0, 0.1) is 10.8 Å². The Morgan fingerprint density at radius 3 is 2.60 bits per heavy atom. The largest absolute Gasteiger partial charge is 0.348 e. The Bertz CT molecular complexity index is 405. The van der Waals surface area contributed by atoms with Gasteiger partial charge in [0.05, 0.1) is 0 Å². The third kappa shape index (κ3) is 3.15. The summed E-state index contributed by atoms with van der Waals surface area (Å²) in [6.07, 6.45) is 5.14. The number of amides is 2. The second-order valence-corrected chi connectivity index (χ2v) is 7.76. The lowest BCUT2D eigenvalue weighted by molar-refractivity contribution is -0.146. The van der Waals surface area contributed by atoms with E-state index >= 15 is 0 Å². The first-order chi connectivity index (χ1) is 9.26. The Hall–Kier alpha value is -1.06. The highest BCUT2D eigenvalue weighted by molar-refractivity contribution is 6.35. The van der Waals surface area contributed by atoms with Crippen LogP contribution in [0.2, 0.25) is 0 Å². The van der Waals surface area contributed by atoms with E-state index < -0.39 is 5.91 Å².